The Balaban J connectivity index is 2.65. The maximum Gasteiger partial charge on any atom is 0.296 e. The van der Waals surface area contributed by atoms with E-state index in [0.717, 1.165) is 12.1 Å². The first kappa shape index (κ1) is 26.5. The maximum atomic E-state index is 12.3. The number of benzene rings is 2. The van der Waals surface area contributed by atoms with E-state index >= 15 is 0 Å². The zero-order valence-electron chi connectivity index (χ0n) is 17.9. The molecule has 0 atom stereocenters. The summed E-state index contributed by atoms with van der Waals surface area (Å²) < 4.78 is 122. The summed E-state index contributed by atoms with van der Waals surface area (Å²) in [6.45, 7) is -0.756. The average Bonchev–Trinajstić information content (AvgIpc) is 2.74. The number of azo groups is 1. The molecule has 17 nitrogen and oxygen atoms in total. The van der Waals surface area contributed by atoms with Gasteiger partial charge in [0.15, 0.2) is 9.84 Å². The molecule has 0 saturated carbocycles. The smallest absolute Gasteiger partial charge is 0.296 e. The molecule has 0 amide bonds. The summed E-state index contributed by atoms with van der Waals surface area (Å²) in [5.74, 6) is -0.851. The zero-order valence-corrected chi connectivity index (χ0v) is 20.3. The van der Waals surface area contributed by atoms with E-state index in [1.165, 1.54) is 0 Å². The van der Waals surface area contributed by atoms with Gasteiger partial charge in [0.05, 0.1) is 28.6 Å². The van der Waals surface area contributed by atoms with Gasteiger partial charge in [0.25, 0.3) is 31.2 Å². The van der Waals surface area contributed by atoms with Crippen LogP contribution >= 0.6 is 0 Å². The first-order chi connectivity index (χ1) is 16.5. The minimum Gasteiger partial charge on any atom is -0.396 e. The Morgan fingerprint density at radius 2 is 1.54 bits per heavy atom. The number of nitrogen functional groups attached to an aromatic ring is 2. The molecule has 0 aliphatic rings. The quantitative estimate of drug-likeness (QED) is 0.0989. The number of hydrogen-bond donors (Lipinski definition) is 6. The van der Waals surface area contributed by atoms with Crippen LogP contribution in [0, 0.1) is 5.52 Å². The highest BCUT2D eigenvalue weighted by molar-refractivity contribution is 7.91. The van der Waals surface area contributed by atoms with Crippen LogP contribution in [0.25, 0.3) is 0 Å². The van der Waals surface area contributed by atoms with Crippen LogP contribution in [-0.2, 0) is 45.2 Å². The SMILES string of the molecule is [2H]/N=N/c1c(N)c(/N=N/c2ccc(S(=O)(=O)CCO[SH](=O)=O)cc2S(=O)(=O)O)cc(S(=O)(=O)O)c1N. The highest BCUT2D eigenvalue weighted by atomic mass is 32.2. The van der Waals surface area contributed by atoms with Crippen molar-refractivity contribution in [3.8, 4) is 0 Å². The van der Waals surface area contributed by atoms with Crippen molar-refractivity contribution in [1.29, 1.82) is 5.52 Å². The van der Waals surface area contributed by atoms with Crippen LogP contribution in [-0.4, -0.2) is 55.1 Å². The monoisotopic (exact) mass is 573 g/mol. The molecular formula is C14H16N6O11S4. The Bertz CT molecular complexity index is 1640. The third-order valence-electron chi connectivity index (χ3n) is 4.08. The minimum absolute atomic E-state index is 0.482. The maximum absolute atomic E-state index is 12.3. The van der Waals surface area contributed by atoms with Gasteiger partial charge in [0.2, 0.25) is 1.41 Å². The molecule has 0 radical (unpaired) electrons. The molecular weight excluding hydrogens is 556 g/mol. The topological polar surface area (TPSA) is 299 Å². The van der Waals surface area contributed by atoms with Gasteiger partial charge < -0.3 is 11.5 Å². The van der Waals surface area contributed by atoms with Gasteiger partial charge in [0, 0.05) is 0 Å². The fourth-order valence-corrected chi connectivity index (χ4v) is 5.32. The molecule has 0 bridgehead atoms. The number of sulfone groups is 1. The van der Waals surface area contributed by atoms with Gasteiger partial charge >= 0.3 is 0 Å². The summed E-state index contributed by atoms with van der Waals surface area (Å²) >= 11 is 0. The molecule has 35 heavy (non-hydrogen) atoms. The molecule has 2 rings (SSSR count). The summed E-state index contributed by atoms with van der Waals surface area (Å²) in [4.78, 5) is -2.62. The van der Waals surface area contributed by atoms with Crippen LogP contribution in [0.4, 0.5) is 28.4 Å². The van der Waals surface area contributed by atoms with Gasteiger partial charge in [-0.2, -0.15) is 21.9 Å². The lowest BCUT2D eigenvalue weighted by Crippen LogP contribution is -2.13. The van der Waals surface area contributed by atoms with Crippen LogP contribution in [0.2, 0.25) is 1.41 Å². The van der Waals surface area contributed by atoms with Crippen LogP contribution in [0.1, 0.15) is 0 Å². The zero-order chi connectivity index (χ0) is 27.5. The van der Waals surface area contributed by atoms with Crippen LogP contribution < -0.4 is 11.5 Å². The molecule has 0 fully saturated rings. The number of nitrogens with one attached hydrogen (secondary N) is 1. The molecule has 192 valence electrons. The third-order valence-corrected chi connectivity index (χ3v) is 7.93. The fourth-order valence-electron chi connectivity index (χ4n) is 2.49. The van der Waals surface area contributed by atoms with Crippen molar-refractivity contribution in [2.24, 2.45) is 15.3 Å². The Hall–Kier alpha value is -3.08. The second-order valence-electron chi connectivity index (χ2n) is 6.33. The summed E-state index contributed by atoms with van der Waals surface area (Å²) in [6, 6.07) is 2.85. The largest absolute Gasteiger partial charge is 0.396 e. The molecule has 0 aromatic heterocycles. The predicted octanol–water partition coefficient (Wildman–Crippen LogP) is 0.739. The summed E-state index contributed by atoms with van der Waals surface area (Å²) in [5.41, 5.74) is 11.1. The van der Waals surface area contributed by atoms with Gasteiger partial charge in [-0.15, -0.1) is 10.2 Å². The van der Waals surface area contributed by atoms with E-state index in [-0.39, 0.29) is 0 Å². The van der Waals surface area contributed by atoms with E-state index in [1.54, 1.807) is 0 Å². The summed E-state index contributed by atoms with van der Waals surface area (Å²) in [6.07, 6.45) is 0. The second-order valence-corrected chi connectivity index (χ2v) is 11.9. The van der Waals surface area contributed by atoms with E-state index < -0.39 is 96.5 Å². The van der Waals surface area contributed by atoms with E-state index in [2.05, 4.69) is 25.0 Å². The van der Waals surface area contributed by atoms with Gasteiger partial charge in [-0.05, 0) is 24.3 Å². The molecule has 0 spiro atoms. The van der Waals surface area contributed by atoms with Gasteiger partial charge in [-0.25, -0.2) is 22.4 Å². The molecule has 0 unspecified atom stereocenters. The number of rotatable bonds is 10. The van der Waals surface area contributed by atoms with Crippen LogP contribution in [0.5, 0.6) is 0 Å². The van der Waals surface area contributed by atoms with E-state index in [9.17, 15) is 42.8 Å². The molecule has 0 heterocycles. The standard InChI is InChI=1S/C14H16N6O11S4/c15-12-9(6-11(35(28,29)30)13(16)14(12)18-17)20-19-8-2-1-7(5-10(8)34(25,26)27)33(23,24)4-3-31-32(21)22/h1-2,5-6,17,32H,3-4,15-16H2,(H,25,26,27)(H,28,29,30)/b18-17+,20-19+/i/hD. The lowest BCUT2D eigenvalue weighted by atomic mass is 10.2. The van der Waals surface area contributed by atoms with Crippen LogP contribution in [0.3, 0.4) is 0 Å². The minimum atomic E-state index is -5.11. The van der Waals surface area contributed by atoms with Gasteiger partial charge in [-0.3, -0.25) is 13.3 Å². The Labute approximate surface area is 201 Å². The van der Waals surface area contributed by atoms with E-state index in [0.29, 0.717) is 12.1 Å². The molecule has 21 heteroatoms. The Kier molecular flexibility index (Phi) is 7.78. The number of nitrogens with two attached hydrogens (primary N) is 2. The average molecular weight is 574 g/mol. The predicted molar refractivity (Wildman–Crippen MR) is 119 cm³/mol. The molecule has 0 aliphatic carbocycles. The van der Waals surface area contributed by atoms with Crippen LogP contribution in [0.15, 0.2) is 54.3 Å². The Morgan fingerprint density at radius 1 is 0.943 bits per heavy atom. The summed E-state index contributed by atoms with van der Waals surface area (Å²) in [7, 11) is -17.7. The number of hydrogen-bond acceptors (Lipinski definition) is 15. The van der Waals surface area contributed by atoms with Crippen molar-refractivity contribution in [2.45, 2.75) is 14.7 Å². The first-order valence-electron chi connectivity index (χ1n) is 9.01. The fraction of sp³-hybridized carbons (Fsp3) is 0.143. The van der Waals surface area contributed by atoms with E-state index in [1.807, 2.05) is 0 Å². The number of nitrogens with zero attached hydrogens (tertiary/aromatic N) is 3. The van der Waals surface area contributed by atoms with Gasteiger partial charge in [-0.1, -0.05) is 0 Å². The van der Waals surface area contributed by atoms with Crippen molar-refractivity contribution in [1.82, 2.24) is 0 Å². The second kappa shape index (κ2) is 10.3. The summed E-state index contributed by atoms with van der Waals surface area (Å²) in [5, 5.41) is 10.3. The molecule has 0 saturated heterocycles. The van der Waals surface area contributed by atoms with Crippen molar-refractivity contribution < 1.29 is 48.4 Å². The normalized spacial score (nSPS) is 13.6. The molecule has 7 N–H and O–H groups in total. The van der Waals surface area contributed by atoms with Crippen molar-refractivity contribution in [3.63, 3.8) is 0 Å². The van der Waals surface area contributed by atoms with E-state index in [4.69, 9.17) is 12.9 Å². The lowest BCUT2D eigenvalue weighted by molar-refractivity contribution is 0.355. The lowest BCUT2D eigenvalue weighted by Gasteiger charge is -2.10. The Morgan fingerprint density at radius 3 is 2.09 bits per heavy atom. The number of thiol groups is 1. The van der Waals surface area contributed by atoms with Crippen molar-refractivity contribution in [3.05, 3.63) is 24.3 Å². The van der Waals surface area contributed by atoms with Crippen molar-refractivity contribution >= 4 is 69.5 Å². The highest BCUT2D eigenvalue weighted by Gasteiger charge is 2.24. The third kappa shape index (κ3) is 6.74. The number of anilines is 2. The highest BCUT2D eigenvalue weighted by Crippen LogP contribution is 2.42. The van der Waals surface area contributed by atoms with Gasteiger partial charge in [0.1, 0.15) is 26.9 Å². The molecule has 2 aromatic rings. The van der Waals surface area contributed by atoms with Crippen molar-refractivity contribution in [2.75, 3.05) is 23.8 Å². The first-order valence-corrected chi connectivity index (χ1v) is 14.2. The molecule has 2 aromatic carbocycles. The molecule has 0 aliphatic heterocycles.